The van der Waals surface area contributed by atoms with E-state index in [1.807, 2.05) is 0 Å². The predicted molar refractivity (Wildman–Crippen MR) is 55.6 cm³/mol. The highest BCUT2D eigenvalue weighted by Crippen LogP contribution is 2.42. The average molecular weight is 336 g/mol. The minimum atomic E-state index is -4.53. The summed E-state index contributed by atoms with van der Waals surface area (Å²) >= 11 is 19.2. The fraction of sp³-hybridized carbons (Fsp3) is 1.00. The number of hydrogen-bond donors (Lipinski definition) is 2. The Morgan fingerprint density at radius 3 is 2.15 bits per heavy atom. The molecule has 1 atom stereocenters. The van der Waals surface area contributed by atoms with Gasteiger partial charge in [-0.2, -0.15) is 0 Å². The van der Waals surface area contributed by atoms with Crippen molar-refractivity contribution < 1.29 is 18.9 Å². The second-order valence-corrected chi connectivity index (χ2v) is 6.55. The highest BCUT2D eigenvalue weighted by atomic mass is 79.9. The van der Waals surface area contributed by atoms with Crippen LogP contribution in [0.4, 0.5) is 0 Å². The van der Waals surface area contributed by atoms with Gasteiger partial charge < -0.3 is 9.79 Å². The summed E-state index contributed by atoms with van der Waals surface area (Å²) in [6, 6.07) is 0. The van der Waals surface area contributed by atoms with Gasteiger partial charge in [0.15, 0.2) is 3.79 Å². The summed E-state index contributed by atoms with van der Waals surface area (Å²) in [6.07, 6.45) is -0.943. The van der Waals surface area contributed by atoms with E-state index in [2.05, 4.69) is 20.5 Å². The van der Waals surface area contributed by atoms with Crippen molar-refractivity contribution >= 4 is 58.6 Å². The molecule has 0 aromatic heterocycles. The fourth-order valence-corrected chi connectivity index (χ4v) is 2.19. The maximum absolute atomic E-state index is 10.4. The third-order valence-corrected chi connectivity index (χ3v) is 2.68. The summed E-state index contributed by atoms with van der Waals surface area (Å²) < 4.78 is 13.1. The fourth-order valence-electron chi connectivity index (χ4n) is 0.572. The Bertz CT molecular complexity index is 202. The van der Waals surface area contributed by atoms with Crippen molar-refractivity contribution in [1.29, 1.82) is 0 Å². The van der Waals surface area contributed by atoms with Crippen LogP contribution in [0.2, 0.25) is 0 Å². The van der Waals surface area contributed by atoms with Crippen molar-refractivity contribution in [1.82, 2.24) is 0 Å². The standard InChI is InChI=1S/C4H7BrCl3O4P/c5-2-3(1-4(6,7)8)12-13(9,10)11/h3H,1-2H2,(H2,9,10,11). The minimum Gasteiger partial charge on any atom is -0.303 e. The highest BCUT2D eigenvalue weighted by Gasteiger charge is 2.30. The van der Waals surface area contributed by atoms with E-state index in [4.69, 9.17) is 44.6 Å². The Labute approximate surface area is 98.9 Å². The molecule has 4 nitrogen and oxygen atoms in total. The molecule has 0 heterocycles. The van der Waals surface area contributed by atoms with E-state index in [0.717, 1.165) is 0 Å². The molecule has 0 aromatic rings. The Kier molecular flexibility index (Phi) is 6.14. The Balaban J connectivity index is 4.13. The first-order valence-corrected chi connectivity index (χ1v) is 6.79. The van der Waals surface area contributed by atoms with Crippen LogP contribution in [0, 0.1) is 0 Å². The molecule has 9 heteroatoms. The van der Waals surface area contributed by atoms with Crippen molar-refractivity contribution in [2.24, 2.45) is 0 Å². The monoisotopic (exact) mass is 334 g/mol. The average Bonchev–Trinajstić information content (AvgIpc) is 1.79. The molecule has 13 heavy (non-hydrogen) atoms. The first-order valence-electron chi connectivity index (χ1n) is 3.01. The normalized spacial score (nSPS) is 15.8. The first kappa shape index (κ1) is 14.5. The molecule has 0 aliphatic heterocycles. The number of alkyl halides is 4. The van der Waals surface area contributed by atoms with Gasteiger partial charge in [0.1, 0.15) is 0 Å². The number of halogens is 4. The lowest BCUT2D eigenvalue weighted by atomic mass is 10.3. The number of phosphoric ester groups is 1. The molecule has 0 saturated carbocycles. The summed E-state index contributed by atoms with van der Waals surface area (Å²) in [5.41, 5.74) is 0. The minimum absolute atomic E-state index is 0.103. The van der Waals surface area contributed by atoms with Crippen LogP contribution in [0.15, 0.2) is 0 Å². The zero-order chi connectivity index (χ0) is 10.7. The van der Waals surface area contributed by atoms with Crippen molar-refractivity contribution in [2.45, 2.75) is 16.3 Å². The largest absolute Gasteiger partial charge is 0.469 e. The lowest BCUT2D eigenvalue weighted by Crippen LogP contribution is -2.20. The van der Waals surface area contributed by atoms with Crippen LogP contribution in [-0.4, -0.2) is 25.0 Å². The molecule has 0 radical (unpaired) electrons. The molecule has 2 N–H and O–H groups in total. The van der Waals surface area contributed by atoms with E-state index in [9.17, 15) is 4.57 Å². The van der Waals surface area contributed by atoms with E-state index < -0.39 is 17.7 Å². The molecule has 0 saturated heterocycles. The van der Waals surface area contributed by atoms with Gasteiger partial charge in [0, 0.05) is 11.8 Å². The maximum atomic E-state index is 10.4. The van der Waals surface area contributed by atoms with E-state index >= 15 is 0 Å². The summed E-state index contributed by atoms with van der Waals surface area (Å²) in [5, 5.41) is 0.173. The highest BCUT2D eigenvalue weighted by molar-refractivity contribution is 9.09. The van der Waals surface area contributed by atoms with Crippen LogP contribution >= 0.6 is 58.6 Å². The second kappa shape index (κ2) is 5.52. The smallest absolute Gasteiger partial charge is 0.303 e. The first-order chi connectivity index (χ1) is 5.64. The van der Waals surface area contributed by atoms with Crippen molar-refractivity contribution in [2.75, 3.05) is 5.33 Å². The summed E-state index contributed by atoms with van der Waals surface area (Å²) in [4.78, 5) is 16.9. The van der Waals surface area contributed by atoms with Gasteiger partial charge in [0.2, 0.25) is 0 Å². The van der Waals surface area contributed by atoms with Crippen LogP contribution in [0.1, 0.15) is 6.42 Å². The zero-order valence-electron chi connectivity index (χ0n) is 6.16. The SMILES string of the molecule is O=P(O)(O)OC(CBr)CC(Cl)(Cl)Cl. The predicted octanol–water partition coefficient (Wildman–Crippen LogP) is 2.62. The van der Waals surface area contributed by atoms with Gasteiger partial charge in [-0.05, 0) is 0 Å². The molecular formula is C4H7BrCl3O4P. The second-order valence-electron chi connectivity index (χ2n) is 2.19. The maximum Gasteiger partial charge on any atom is 0.469 e. The van der Waals surface area contributed by atoms with Crippen LogP contribution in [-0.2, 0) is 9.09 Å². The van der Waals surface area contributed by atoms with Crippen LogP contribution in [0.3, 0.4) is 0 Å². The topological polar surface area (TPSA) is 66.8 Å². The Hall–Kier alpha value is 1.46. The molecule has 0 aliphatic rings. The van der Waals surface area contributed by atoms with Crippen LogP contribution in [0.5, 0.6) is 0 Å². The van der Waals surface area contributed by atoms with Crippen LogP contribution in [0.25, 0.3) is 0 Å². The molecule has 1 unspecified atom stereocenters. The number of rotatable bonds is 4. The van der Waals surface area contributed by atoms with Crippen molar-refractivity contribution in [3.05, 3.63) is 0 Å². The molecule has 0 aromatic carbocycles. The molecule has 80 valence electrons. The Morgan fingerprint density at radius 2 is 1.92 bits per heavy atom. The van der Waals surface area contributed by atoms with E-state index in [-0.39, 0.29) is 11.8 Å². The van der Waals surface area contributed by atoms with Gasteiger partial charge in [-0.3, -0.25) is 4.52 Å². The molecule has 0 rings (SSSR count). The summed E-state index contributed by atoms with van der Waals surface area (Å²) in [7, 11) is -4.53. The number of phosphoric acid groups is 1. The molecule has 0 fully saturated rings. The molecule has 0 aliphatic carbocycles. The number of hydrogen-bond acceptors (Lipinski definition) is 2. The van der Waals surface area contributed by atoms with E-state index in [1.165, 1.54) is 0 Å². The van der Waals surface area contributed by atoms with Gasteiger partial charge in [-0.15, -0.1) is 0 Å². The lowest BCUT2D eigenvalue weighted by molar-refractivity contribution is 0.143. The van der Waals surface area contributed by atoms with Gasteiger partial charge >= 0.3 is 7.82 Å². The van der Waals surface area contributed by atoms with Crippen molar-refractivity contribution in [3.63, 3.8) is 0 Å². The van der Waals surface area contributed by atoms with E-state index in [1.54, 1.807) is 0 Å². The zero-order valence-corrected chi connectivity index (χ0v) is 10.9. The Morgan fingerprint density at radius 1 is 1.46 bits per heavy atom. The van der Waals surface area contributed by atoms with Crippen LogP contribution < -0.4 is 0 Å². The van der Waals surface area contributed by atoms with Gasteiger partial charge in [-0.1, -0.05) is 50.7 Å². The molecule has 0 spiro atoms. The molecule has 0 bridgehead atoms. The third kappa shape index (κ3) is 9.76. The third-order valence-electron chi connectivity index (χ3n) is 0.918. The summed E-state index contributed by atoms with van der Waals surface area (Å²) in [6.45, 7) is 0. The van der Waals surface area contributed by atoms with Crippen molar-refractivity contribution in [3.8, 4) is 0 Å². The van der Waals surface area contributed by atoms with E-state index in [0.29, 0.717) is 0 Å². The summed E-state index contributed by atoms with van der Waals surface area (Å²) in [5.74, 6) is 0. The molecular weight excluding hydrogens is 329 g/mol. The van der Waals surface area contributed by atoms with Gasteiger partial charge in [-0.25, -0.2) is 4.57 Å². The quantitative estimate of drug-likeness (QED) is 0.612. The van der Waals surface area contributed by atoms with Gasteiger partial charge in [0.25, 0.3) is 0 Å². The molecule has 0 amide bonds. The van der Waals surface area contributed by atoms with Gasteiger partial charge in [0.05, 0.1) is 6.10 Å². The lowest BCUT2D eigenvalue weighted by Gasteiger charge is -2.19.